The summed E-state index contributed by atoms with van der Waals surface area (Å²) >= 11 is 1.81. The molecule has 1 aromatic heterocycles. The van der Waals surface area contributed by atoms with E-state index < -0.39 is 0 Å². The molecule has 0 fully saturated rings. The number of ether oxygens (including phenoxy) is 2. The van der Waals surface area contributed by atoms with E-state index in [9.17, 15) is 0 Å². The van der Waals surface area contributed by atoms with E-state index in [1.54, 1.807) is 14.2 Å². The molecule has 0 unspecified atom stereocenters. The van der Waals surface area contributed by atoms with Gasteiger partial charge >= 0.3 is 0 Å². The van der Waals surface area contributed by atoms with Crippen molar-refractivity contribution in [3.63, 3.8) is 0 Å². The average Bonchev–Trinajstić information content (AvgIpc) is 2.94. The first-order valence-electron chi connectivity index (χ1n) is 6.74. The van der Waals surface area contributed by atoms with Gasteiger partial charge < -0.3 is 14.8 Å². The molecule has 0 radical (unpaired) electrons. The molecule has 4 heteroatoms. The van der Waals surface area contributed by atoms with E-state index in [2.05, 4.69) is 23.7 Å². The normalized spacial score (nSPS) is 10.6. The summed E-state index contributed by atoms with van der Waals surface area (Å²) < 4.78 is 10.6. The number of rotatable bonds is 7. The first-order chi connectivity index (χ1) is 9.76. The fraction of sp³-hybridized carbons (Fsp3) is 0.375. The van der Waals surface area contributed by atoms with Gasteiger partial charge in [-0.2, -0.15) is 0 Å². The average molecular weight is 291 g/mol. The molecule has 0 aliphatic heterocycles. The molecule has 1 aromatic carbocycles. The van der Waals surface area contributed by atoms with Crippen LogP contribution in [0.2, 0.25) is 0 Å². The van der Waals surface area contributed by atoms with E-state index >= 15 is 0 Å². The fourth-order valence-corrected chi connectivity index (χ4v) is 3.07. The summed E-state index contributed by atoms with van der Waals surface area (Å²) in [6, 6.07) is 8.16. The fourth-order valence-electron chi connectivity index (χ4n) is 2.13. The SMILES string of the molecule is CCc1ccsc1CNCc1cc(OC)cc(OC)c1. The van der Waals surface area contributed by atoms with Crippen LogP contribution in [0.4, 0.5) is 0 Å². The number of methoxy groups -OCH3 is 2. The summed E-state index contributed by atoms with van der Waals surface area (Å²) in [5.74, 6) is 1.65. The number of hydrogen-bond acceptors (Lipinski definition) is 4. The molecule has 0 atom stereocenters. The van der Waals surface area contributed by atoms with E-state index in [0.717, 1.165) is 36.6 Å². The van der Waals surface area contributed by atoms with Crippen molar-refractivity contribution in [1.29, 1.82) is 0 Å². The summed E-state index contributed by atoms with van der Waals surface area (Å²) in [5, 5.41) is 5.64. The van der Waals surface area contributed by atoms with Crippen LogP contribution in [0.1, 0.15) is 22.9 Å². The molecule has 0 aliphatic carbocycles. The summed E-state index contributed by atoms with van der Waals surface area (Å²) in [4.78, 5) is 1.42. The van der Waals surface area contributed by atoms with Crippen molar-refractivity contribution >= 4 is 11.3 Å². The number of benzene rings is 1. The molecule has 1 heterocycles. The zero-order valence-electron chi connectivity index (χ0n) is 12.2. The van der Waals surface area contributed by atoms with Gasteiger partial charge in [-0.25, -0.2) is 0 Å². The Morgan fingerprint density at radius 1 is 1.05 bits per heavy atom. The van der Waals surface area contributed by atoms with Crippen molar-refractivity contribution in [3.05, 3.63) is 45.6 Å². The van der Waals surface area contributed by atoms with E-state index in [4.69, 9.17) is 9.47 Å². The van der Waals surface area contributed by atoms with E-state index in [1.807, 2.05) is 29.5 Å². The van der Waals surface area contributed by atoms with Crippen LogP contribution in [-0.4, -0.2) is 14.2 Å². The van der Waals surface area contributed by atoms with Gasteiger partial charge in [-0.3, -0.25) is 0 Å². The molecule has 0 saturated carbocycles. The van der Waals surface area contributed by atoms with Gasteiger partial charge in [0.1, 0.15) is 11.5 Å². The van der Waals surface area contributed by atoms with Crippen LogP contribution in [0.15, 0.2) is 29.6 Å². The third kappa shape index (κ3) is 3.74. The van der Waals surface area contributed by atoms with E-state index in [1.165, 1.54) is 10.4 Å². The number of aryl methyl sites for hydroxylation is 1. The lowest BCUT2D eigenvalue weighted by Gasteiger charge is -2.09. The summed E-state index contributed by atoms with van der Waals surface area (Å²) in [6.07, 6.45) is 1.09. The number of thiophene rings is 1. The zero-order chi connectivity index (χ0) is 14.4. The zero-order valence-corrected chi connectivity index (χ0v) is 13.0. The van der Waals surface area contributed by atoms with Crippen molar-refractivity contribution < 1.29 is 9.47 Å². The molecule has 0 spiro atoms. The van der Waals surface area contributed by atoms with Crippen molar-refractivity contribution in [2.45, 2.75) is 26.4 Å². The van der Waals surface area contributed by atoms with Crippen molar-refractivity contribution in [2.75, 3.05) is 14.2 Å². The molecule has 1 N–H and O–H groups in total. The summed E-state index contributed by atoms with van der Waals surface area (Å²) in [5.41, 5.74) is 2.60. The lowest BCUT2D eigenvalue weighted by molar-refractivity contribution is 0.393. The second-order valence-corrected chi connectivity index (χ2v) is 5.55. The Bertz CT molecular complexity index is 529. The highest BCUT2D eigenvalue weighted by Crippen LogP contribution is 2.23. The summed E-state index contributed by atoms with van der Waals surface area (Å²) in [6.45, 7) is 3.90. The van der Waals surface area contributed by atoms with Crippen LogP contribution in [0.25, 0.3) is 0 Å². The van der Waals surface area contributed by atoms with Gasteiger partial charge in [-0.1, -0.05) is 6.92 Å². The number of hydrogen-bond donors (Lipinski definition) is 1. The smallest absolute Gasteiger partial charge is 0.122 e. The second-order valence-electron chi connectivity index (χ2n) is 4.55. The van der Waals surface area contributed by atoms with Crippen LogP contribution in [0.5, 0.6) is 11.5 Å². The molecular weight excluding hydrogens is 270 g/mol. The second kappa shape index (κ2) is 7.31. The van der Waals surface area contributed by atoms with E-state index in [-0.39, 0.29) is 0 Å². The quantitative estimate of drug-likeness (QED) is 0.845. The lowest BCUT2D eigenvalue weighted by Crippen LogP contribution is -2.12. The predicted octanol–water partition coefficient (Wildman–Crippen LogP) is 3.62. The van der Waals surface area contributed by atoms with Gasteiger partial charge in [0, 0.05) is 24.0 Å². The van der Waals surface area contributed by atoms with Crippen molar-refractivity contribution in [1.82, 2.24) is 5.32 Å². The van der Waals surface area contributed by atoms with Gasteiger partial charge in [0.05, 0.1) is 14.2 Å². The lowest BCUT2D eigenvalue weighted by atomic mass is 10.2. The first kappa shape index (κ1) is 14.9. The minimum atomic E-state index is 0.800. The highest BCUT2D eigenvalue weighted by atomic mass is 32.1. The minimum Gasteiger partial charge on any atom is -0.497 e. The van der Waals surface area contributed by atoms with Crippen molar-refractivity contribution in [3.8, 4) is 11.5 Å². The molecule has 108 valence electrons. The molecule has 20 heavy (non-hydrogen) atoms. The topological polar surface area (TPSA) is 30.5 Å². The third-order valence-corrected chi connectivity index (χ3v) is 4.21. The Hall–Kier alpha value is -1.52. The number of nitrogens with one attached hydrogen (secondary N) is 1. The minimum absolute atomic E-state index is 0.800. The molecule has 0 amide bonds. The molecule has 0 aliphatic rings. The van der Waals surface area contributed by atoms with Crippen LogP contribution in [0.3, 0.4) is 0 Å². The van der Waals surface area contributed by atoms with Gasteiger partial charge in [-0.15, -0.1) is 11.3 Å². The van der Waals surface area contributed by atoms with Gasteiger partial charge in [0.25, 0.3) is 0 Å². The maximum Gasteiger partial charge on any atom is 0.122 e. The maximum absolute atomic E-state index is 5.28. The van der Waals surface area contributed by atoms with Crippen LogP contribution >= 0.6 is 11.3 Å². The van der Waals surface area contributed by atoms with Crippen LogP contribution < -0.4 is 14.8 Å². The standard InChI is InChI=1S/C16H21NO2S/c1-4-13-5-6-20-16(13)11-17-10-12-7-14(18-2)9-15(8-12)19-3/h5-9,17H,4,10-11H2,1-3H3. The van der Waals surface area contributed by atoms with Gasteiger partial charge in [0.15, 0.2) is 0 Å². The summed E-state index contributed by atoms with van der Waals surface area (Å²) in [7, 11) is 3.34. The third-order valence-electron chi connectivity index (χ3n) is 3.24. The van der Waals surface area contributed by atoms with Crippen LogP contribution in [0, 0.1) is 0 Å². The van der Waals surface area contributed by atoms with Crippen molar-refractivity contribution in [2.24, 2.45) is 0 Å². The maximum atomic E-state index is 5.28. The Balaban J connectivity index is 1.97. The van der Waals surface area contributed by atoms with Gasteiger partial charge in [-0.05, 0) is 41.1 Å². The first-order valence-corrected chi connectivity index (χ1v) is 7.62. The molecule has 0 saturated heterocycles. The Morgan fingerprint density at radius 2 is 1.75 bits per heavy atom. The molecule has 2 aromatic rings. The highest BCUT2D eigenvalue weighted by molar-refractivity contribution is 7.10. The Morgan fingerprint density at radius 3 is 2.35 bits per heavy atom. The monoisotopic (exact) mass is 291 g/mol. The molecule has 3 nitrogen and oxygen atoms in total. The van der Waals surface area contributed by atoms with E-state index in [0.29, 0.717) is 0 Å². The highest BCUT2D eigenvalue weighted by Gasteiger charge is 2.04. The molecule has 0 bridgehead atoms. The largest absolute Gasteiger partial charge is 0.497 e. The Labute approximate surface area is 124 Å². The Kier molecular flexibility index (Phi) is 5.44. The van der Waals surface area contributed by atoms with Crippen LogP contribution in [-0.2, 0) is 19.5 Å². The molecular formula is C16H21NO2S. The van der Waals surface area contributed by atoms with Gasteiger partial charge in [0.2, 0.25) is 0 Å². The molecule has 2 rings (SSSR count). The predicted molar refractivity (Wildman–Crippen MR) is 83.8 cm³/mol.